The quantitative estimate of drug-likeness (QED) is 0.185. The normalized spacial score (nSPS) is 9.94. The van der Waals surface area contributed by atoms with Crippen molar-refractivity contribution in [3.63, 3.8) is 0 Å². The van der Waals surface area contributed by atoms with Gasteiger partial charge in [0.15, 0.2) is 0 Å². The predicted octanol–water partition coefficient (Wildman–Crippen LogP) is 7.32. The molecule has 0 spiro atoms. The Balaban J connectivity index is 0.00000151. The van der Waals surface area contributed by atoms with Gasteiger partial charge in [0.25, 0.3) is 0 Å². The molecule has 5 nitrogen and oxygen atoms in total. The molecule has 0 aliphatic carbocycles. The predicted molar refractivity (Wildman–Crippen MR) is 134 cm³/mol. The average Bonchev–Trinajstić information content (AvgIpc) is 2.75. The first-order chi connectivity index (χ1) is 15.0. The summed E-state index contributed by atoms with van der Waals surface area (Å²) in [5, 5.41) is 6.55. The van der Waals surface area contributed by atoms with Gasteiger partial charge in [-0.25, -0.2) is 4.79 Å². The number of aryl methyl sites for hydroxylation is 1. The highest BCUT2D eigenvalue weighted by Gasteiger charge is 2.04. The molecule has 31 heavy (non-hydrogen) atoms. The van der Waals surface area contributed by atoms with Crippen LogP contribution in [0.3, 0.4) is 0 Å². The lowest BCUT2D eigenvalue weighted by Gasteiger charge is -2.10. The van der Waals surface area contributed by atoms with Gasteiger partial charge in [0.05, 0.1) is 0 Å². The highest BCUT2D eigenvalue weighted by Crippen LogP contribution is 2.27. The molecule has 2 aromatic rings. The fourth-order valence-electron chi connectivity index (χ4n) is 2.74. The summed E-state index contributed by atoms with van der Waals surface area (Å²) in [5.41, 5.74) is 2.93. The van der Waals surface area contributed by atoms with Crippen LogP contribution in [0.1, 0.15) is 58.4 Å². The van der Waals surface area contributed by atoms with E-state index >= 15 is 0 Å². The molecular formula is C24H34ClN3O2S. The van der Waals surface area contributed by atoms with E-state index in [-0.39, 0.29) is 6.03 Å². The molecule has 0 atom stereocenters. The Kier molecular flexibility index (Phi) is 14.3. The number of unbranched alkanes of at least 4 members (excludes halogenated alkanes) is 3. The lowest BCUT2D eigenvalue weighted by molar-refractivity contribution is -0.106. The number of halogens is 1. The molecule has 2 aromatic carbocycles. The minimum Gasteiger partial charge on any atom is -0.338 e. The van der Waals surface area contributed by atoms with Crippen molar-refractivity contribution in [3.8, 4) is 0 Å². The summed E-state index contributed by atoms with van der Waals surface area (Å²) in [4.78, 5) is 21.8. The van der Waals surface area contributed by atoms with Gasteiger partial charge in [0.1, 0.15) is 6.29 Å². The Morgan fingerprint density at radius 3 is 2.29 bits per heavy atom. The second-order valence-electron chi connectivity index (χ2n) is 6.96. The topological polar surface area (TPSA) is 70.2 Å². The molecule has 0 bridgehead atoms. The van der Waals surface area contributed by atoms with E-state index in [0.717, 1.165) is 53.3 Å². The number of carbonyl (C=O) groups is 2. The number of benzene rings is 2. The van der Waals surface area contributed by atoms with Crippen LogP contribution < -0.4 is 15.4 Å². The molecule has 0 radical (unpaired) electrons. The molecule has 0 heterocycles. The molecule has 0 aliphatic rings. The Morgan fingerprint density at radius 2 is 1.68 bits per heavy atom. The zero-order valence-electron chi connectivity index (χ0n) is 18.7. The number of amides is 2. The second kappa shape index (κ2) is 16.5. The molecule has 170 valence electrons. The van der Waals surface area contributed by atoms with Crippen LogP contribution in [-0.2, 0) is 11.2 Å². The summed E-state index contributed by atoms with van der Waals surface area (Å²) in [6.07, 6.45) is 7.41. The monoisotopic (exact) mass is 463 g/mol. The number of hydrogen-bond donors (Lipinski definition) is 3. The lowest BCUT2D eigenvalue weighted by atomic mass is 10.1. The van der Waals surface area contributed by atoms with Gasteiger partial charge in [-0.1, -0.05) is 57.2 Å². The summed E-state index contributed by atoms with van der Waals surface area (Å²) in [6.45, 7) is 6.48. The minimum absolute atomic E-state index is 0.156. The van der Waals surface area contributed by atoms with Crippen LogP contribution in [0.5, 0.6) is 0 Å². The van der Waals surface area contributed by atoms with E-state index in [4.69, 9.17) is 16.4 Å². The lowest BCUT2D eigenvalue weighted by Crippen LogP contribution is -2.29. The Bertz CT molecular complexity index is 785. The maximum Gasteiger partial charge on any atom is 0.319 e. The van der Waals surface area contributed by atoms with Crippen LogP contribution in [0.15, 0.2) is 47.4 Å². The van der Waals surface area contributed by atoms with E-state index in [9.17, 15) is 4.79 Å². The molecule has 0 aliphatic heterocycles. The van der Waals surface area contributed by atoms with Crippen molar-refractivity contribution < 1.29 is 9.59 Å². The molecule has 2 amide bonds. The maximum absolute atomic E-state index is 11.9. The van der Waals surface area contributed by atoms with Crippen molar-refractivity contribution in [3.05, 3.63) is 53.1 Å². The van der Waals surface area contributed by atoms with Crippen LogP contribution in [0.25, 0.3) is 0 Å². The summed E-state index contributed by atoms with van der Waals surface area (Å²) in [7, 11) is 0. The summed E-state index contributed by atoms with van der Waals surface area (Å²) in [5.74, 6) is 0. The molecular weight excluding hydrogens is 430 g/mol. The molecule has 0 unspecified atom stereocenters. The number of aldehydes is 1. The average molecular weight is 464 g/mol. The molecule has 2 rings (SSSR count). The zero-order valence-corrected chi connectivity index (χ0v) is 20.2. The van der Waals surface area contributed by atoms with Crippen molar-refractivity contribution in [2.75, 3.05) is 16.6 Å². The fraction of sp³-hybridized carbons (Fsp3) is 0.417. The van der Waals surface area contributed by atoms with E-state index in [1.807, 2.05) is 36.4 Å². The van der Waals surface area contributed by atoms with Gasteiger partial charge in [0.2, 0.25) is 0 Å². The van der Waals surface area contributed by atoms with E-state index in [1.54, 1.807) is 0 Å². The van der Waals surface area contributed by atoms with Crippen molar-refractivity contribution in [2.45, 2.75) is 64.2 Å². The zero-order chi connectivity index (χ0) is 22.9. The Labute approximate surface area is 195 Å². The third-order valence-electron chi connectivity index (χ3n) is 4.29. The van der Waals surface area contributed by atoms with Crippen molar-refractivity contribution in [1.82, 2.24) is 5.32 Å². The van der Waals surface area contributed by atoms with Crippen LogP contribution >= 0.6 is 23.5 Å². The standard InChI is InChI=1S/C22H30ClN3OS.C2H4O/c1-3-5-6-7-15-24-22(27)25-18-11-13-20(14-12-18)28-26-19-10-9-17(8-4-2)21(23)16-19;1-2-3/h9-14,16,26H,3-8,15H2,1-2H3,(H2,24,25,27);2H,1H3. The van der Waals surface area contributed by atoms with Gasteiger partial charge in [-0.05, 0) is 73.7 Å². The highest BCUT2D eigenvalue weighted by molar-refractivity contribution is 8.00. The van der Waals surface area contributed by atoms with Crippen LogP contribution in [0, 0.1) is 0 Å². The van der Waals surface area contributed by atoms with Gasteiger partial charge in [-0.15, -0.1) is 0 Å². The fourth-order valence-corrected chi connectivity index (χ4v) is 3.65. The highest BCUT2D eigenvalue weighted by atomic mass is 35.5. The van der Waals surface area contributed by atoms with Crippen molar-refractivity contribution in [2.24, 2.45) is 0 Å². The van der Waals surface area contributed by atoms with Crippen LogP contribution in [0.2, 0.25) is 5.02 Å². The van der Waals surface area contributed by atoms with E-state index in [2.05, 4.69) is 35.3 Å². The summed E-state index contributed by atoms with van der Waals surface area (Å²) in [6, 6.07) is 13.7. The maximum atomic E-state index is 11.9. The van der Waals surface area contributed by atoms with E-state index < -0.39 is 0 Å². The molecule has 3 N–H and O–H groups in total. The number of rotatable bonds is 11. The first kappa shape index (κ1) is 26.9. The third kappa shape index (κ3) is 11.7. The molecule has 0 fully saturated rings. The Morgan fingerprint density at radius 1 is 1.00 bits per heavy atom. The first-order valence-corrected chi connectivity index (χ1v) is 12.0. The van der Waals surface area contributed by atoms with E-state index in [0.29, 0.717) is 6.54 Å². The van der Waals surface area contributed by atoms with E-state index in [1.165, 1.54) is 37.3 Å². The Hall–Kier alpha value is -2.18. The largest absolute Gasteiger partial charge is 0.338 e. The molecule has 0 aromatic heterocycles. The van der Waals surface area contributed by atoms with Gasteiger partial charge in [-0.3, -0.25) is 0 Å². The third-order valence-corrected chi connectivity index (χ3v) is 5.48. The SMILES string of the molecule is CC=O.CCCCCCNC(=O)Nc1ccc(SNc2ccc(CCC)c(Cl)c2)cc1. The number of urea groups is 1. The number of anilines is 2. The molecule has 0 saturated carbocycles. The van der Waals surface area contributed by atoms with Gasteiger partial charge < -0.3 is 20.2 Å². The summed E-state index contributed by atoms with van der Waals surface area (Å²) >= 11 is 7.84. The number of carbonyl (C=O) groups excluding carboxylic acids is 2. The smallest absolute Gasteiger partial charge is 0.319 e. The van der Waals surface area contributed by atoms with Gasteiger partial charge in [-0.2, -0.15) is 0 Å². The molecule has 7 heteroatoms. The molecule has 0 saturated heterocycles. The van der Waals surface area contributed by atoms with Crippen molar-refractivity contribution >= 4 is 47.2 Å². The number of hydrogen-bond acceptors (Lipinski definition) is 4. The van der Waals surface area contributed by atoms with Crippen LogP contribution in [0.4, 0.5) is 16.2 Å². The van der Waals surface area contributed by atoms with Crippen molar-refractivity contribution in [1.29, 1.82) is 0 Å². The number of nitrogens with one attached hydrogen (secondary N) is 3. The summed E-state index contributed by atoms with van der Waals surface area (Å²) < 4.78 is 3.31. The first-order valence-electron chi connectivity index (χ1n) is 10.8. The second-order valence-corrected chi connectivity index (χ2v) is 8.25. The van der Waals surface area contributed by atoms with Gasteiger partial charge in [0, 0.05) is 27.8 Å². The van der Waals surface area contributed by atoms with Crippen LogP contribution in [-0.4, -0.2) is 18.9 Å². The minimum atomic E-state index is -0.156. The van der Waals surface area contributed by atoms with Gasteiger partial charge >= 0.3 is 6.03 Å².